The Hall–Kier alpha value is -0.720. The van der Waals surface area contributed by atoms with Crippen LogP contribution in [-0.2, 0) is 0 Å². The van der Waals surface area contributed by atoms with Gasteiger partial charge in [-0.05, 0) is 36.3 Å². The number of thioether (sulfide) groups is 1. The minimum atomic E-state index is -1.48. The lowest BCUT2D eigenvalue weighted by molar-refractivity contribution is 0.232. The van der Waals surface area contributed by atoms with Crippen LogP contribution in [0.2, 0.25) is 0 Å². The zero-order valence-electron chi connectivity index (χ0n) is 10.3. The van der Waals surface area contributed by atoms with Gasteiger partial charge in [0.05, 0.1) is 12.6 Å². The Morgan fingerprint density at radius 1 is 1.32 bits per heavy atom. The lowest BCUT2D eigenvalue weighted by atomic mass is 10.0. The maximum atomic E-state index is 13.2. The molecule has 0 aliphatic carbocycles. The van der Waals surface area contributed by atoms with Crippen LogP contribution in [0.25, 0.3) is 0 Å². The highest BCUT2D eigenvalue weighted by molar-refractivity contribution is 7.99. The smallest absolute Gasteiger partial charge is 0.194 e. The van der Waals surface area contributed by atoms with Crippen LogP contribution in [0.1, 0.15) is 24.4 Å². The zero-order valence-corrected chi connectivity index (χ0v) is 11.2. The van der Waals surface area contributed by atoms with Gasteiger partial charge < -0.3 is 10.4 Å². The number of aliphatic hydroxyl groups excluding tert-OH is 1. The highest BCUT2D eigenvalue weighted by Gasteiger charge is 2.21. The molecule has 0 saturated carbocycles. The summed E-state index contributed by atoms with van der Waals surface area (Å²) in [7, 11) is 0. The van der Waals surface area contributed by atoms with E-state index in [2.05, 4.69) is 5.32 Å². The summed E-state index contributed by atoms with van der Waals surface area (Å²) in [5.74, 6) is -1.92. The van der Waals surface area contributed by atoms with E-state index in [-0.39, 0.29) is 18.2 Å². The summed E-state index contributed by atoms with van der Waals surface area (Å²) in [4.78, 5) is 0. The molecule has 0 bridgehead atoms. The number of aliphatic hydroxyl groups is 1. The molecule has 1 aromatic carbocycles. The van der Waals surface area contributed by atoms with Gasteiger partial charge in [0.1, 0.15) is 0 Å². The van der Waals surface area contributed by atoms with Crippen LogP contribution in [0.15, 0.2) is 12.1 Å². The van der Waals surface area contributed by atoms with Gasteiger partial charge in [-0.2, -0.15) is 11.8 Å². The minimum absolute atomic E-state index is 0.201. The molecule has 6 heteroatoms. The molecule has 1 aliphatic rings. The molecule has 2 N–H and O–H groups in total. The molecule has 2 rings (SSSR count). The molecule has 1 saturated heterocycles. The second-order valence-corrected chi connectivity index (χ2v) is 5.76. The van der Waals surface area contributed by atoms with Crippen LogP contribution in [-0.4, -0.2) is 29.3 Å². The van der Waals surface area contributed by atoms with E-state index < -0.39 is 23.5 Å². The predicted octanol–water partition coefficient (Wildman–Crippen LogP) is 2.62. The van der Waals surface area contributed by atoms with Gasteiger partial charge in [0.2, 0.25) is 0 Å². The summed E-state index contributed by atoms with van der Waals surface area (Å²) in [5, 5.41) is 12.5. The van der Waals surface area contributed by atoms with Gasteiger partial charge in [0.25, 0.3) is 0 Å². The summed E-state index contributed by atoms with van der Waals surface area (Å²) in [6.45, 7) is -0.286. The third-order valence-electron chi connectivity index (χ3n) is 3.19. The summed E-state index contributed by atoms with van der Waals surface area (Å²) in [6.07, 6.45) is 2.04. The Labute approximate surface area is 114 Å². The van der Waals surface area contributed by atoms with Gasteiger partial charge in [-0.15, -0.1) is 0 Å². The average Bonchev–Trinajstić information content (AvgIpc) is 2.42. The van der Waals surface area contributed by atoms with E-state index in [4.69, 9.17) is 0 Å². The molecule has 19 heavy (non-hydrogen) atoms. The quantitative estimate of drug-likeness (QED) is 0.837. The summed E-state index contributed by atoms with van der Waals surface area (Å²) >= 11 is 1.81. The van der Waals surface area contributed by atoms with Crippen molar-refractivity contribution < 1.29 is 18.3 Å². The lowest BCUT2D eigenvalue weighted by Gasteiger charge is -2.27. The Morgan fingerprint density at radius 2 is 2.00 bits per heavy atom. The highest BCUT2D eigenvalue weighted by atomic mass is 32.2. The van der Waals surface area contributed by atoms with E-state index in [1.165, 1.54) is 0 Å². The van der Waals surface area contributed by atoms with Crippen molar-refractivity contribution in [3.05, 3.63) is 35.1 Å². The fourth-order valence-electron chi connectivity index (χ4n) is 2.19. The van der Waals surface area contributed by atoms with Crippen LogP contribution in [0.3, 0.4) is 0 Å². The maximum absolute atomic E-state index is 13.2. The van der Waals surface area contributed by atoms with Gasteiger partial charge in [0.15, 0.2) is 17.5 Å². The molecule has 1 heterocycles. The normalized spacial score (nSPS) is 21.4. The molecule has 1 fully saturated rings. The van der Waals surface area contributed by atoms with Crippen molar-refractivity contribution in [3.63, 3.8) is 0 Å². The number of hydrogen-bond acceptors (Lipinski definition) is 3. The van der Waals surface area contributed by atoms with E-state index in [0.717, 1.165) is 36.5 Å². The van der Waals surface area contributed by atoms with Crippen LogP contribution < -0.4 is 5.32 Å². The molecule has 2 nitrogen and oxygen atoms in total. The molecular weight excluding hydrogens is 275 g/mol. The van der Waals surface area contributed by atoms with E-state index in [1.54, 1.807) is 0 Å². The molecule has 1 aromatic rings. The fraction of sp³-hybridized carbons (Fsp3) is 0.538. The molecule has 0 amide bonds. The van der Waals surface area contributed by atoms with Crippen molar-refractivity contribution in [3.8, 4) is 0 Å². The monoisotopic (exact) mass is 291 g/mol. The van der Waals surface area contributed by atoms with E-state index in [9.17, 15) is 18.3 Å². The molecule has 0 aromatic heterocycles. The third kappa shape index (κ3) is 3.64. The van der Waals surface area contributed by atoms with E-state index >= 15 is 0 Å². The Kier molecular flexibility index (Phi) is 5.13. The van der Waals surface area contributed by atoms with E-state index in [1.807, 2.05) is 11.8 Å². The highest BCUT2D eigenvalue weighted by Crippen LogP contribution is 2.23. The Balaban J connectivity index is 2.12. The fourth-order valence-corrected chi connectivity index (χ4v) is 3.27. The van der Waals surface area contributed by atoms with Crippen molar-refractivity contribution in [2.45, 2.75) is 24.9 Å². The first-order valence-corrected chi connectivity index (χ1v) is 7.36. The minimum Gasteiger partial charge on any atom is -0.394 e. The summed E-state index contributed by atoms with van der Waals surface area (Å²) in [5.41, 5.74) is 0.231. The van der Waals surface area contributed by atoms with Crippen molar-refractivity contribution in [2.24, 2.45) is 0 Å². The van der Waals surface area contributed by atoms with Crippen LogP contribution in [0.5, 0.6) is 0 Å². The predicted molar refractivity (Wildman–Crippen MR) is 69.6 cm³/mol. The number of hydrogen-bond donors (Lipinski definition) is 2. The largest absolute Gasteiger partial charge is 0.394 e. The maximum Gasteiger partial charge on any atom is 0.194 e. The van der Waals surface area contributed by atoms with Crippen molar-refractivity contribution in [1.82, 2.24) is 5.32 Å². The van der Waals surface area contributed by atoms with Crippen LogP contribution in [0.4, 0.5) is 13.2 Å². The van der Waals surface area contributed by atoms with Gasteiger partial charge in [-0.1, -0.05) is 0 Å². The second kappa shape index (κ2) is 6.63. The molecule has 106 valence electrons. The number of rotatable bonds is 4. The molecular formula is C13H16F3NOS. The van der Waals surface area contributed by atoms with E-state index in [0.29, 0.717) is 0 Å². The van der Waals surface area contributed by atoms with Gasteiger partial charge in [-0.3, -0.25) is 0 Å². The molecule has 0 radical (unpaired) electrons. The first-order chi connectivity index (χ1) is 9.11. The number of nitrogens with one attached hydrogen (secondary N) is 1. The number of halogens is 3. The average molecular weight is 291 g/mol. The standard InChI is InChI=1S/C13H16F3NOS/c14-10-4-8(5-11(15)13(10)16)12(6-18)17-9-2-1-3-19-7-9/h4-5,9,12,17-18H,1-3,6-7H2/t9-,12+/m1/s1. The first-order valence-electron chi connectivity index (χ1n) is 6.21. The molecule has 1 aliphatic heterocycles. The number of benzene rings is 1. The Morgan fingerprint density at radius 3 is 2.53 bits per heavy atom. The van der Waals surface area contributed by atoms with Crippen molar-refractivity contribution >= 4 is 11.8 Å². The SMILES string of the molecule is OC[C@H](N[C@@H]1CCCSC1)c1cc(F)c(F)c(F)c1. The Bertz CT molecular complexity index is 415. The van der Waals surface area contributed by atoms with Crippen molar-refractivity contribution in [2.75, 3.05) is 18.1 Å². The topological polar surface area (TPSA) is 32.3 Å². The third-order valence-corrected chi connectivity index (χ3v) is 4.40. The van der Waals surface area contributed by atoms with Gasteiger partial charge in [0, 0.05) is 11.8 Å². The summed E-state index contributed by atoms with van der Waals surface area (Å²) < 4.78 is 39.3. The van der Waals surface area contributed by atoms with Crippen molar-refractivity contribution in [1.29, 1.82) is 0 Å². The molecule has 0 unspecified atom stereocenters. The molecule has 2 atom stereocenters. The van der Waals surface area contributed by atoms with Gasteiger partial charge >= 0.3 is 0 Å². The molecule has 0 spiro atoms. The van der Waals surface area contributed by atoms with Crippen LogP contribution >= 0.6 is 11.8 Å². The first kappa shape index (κ1) is 14.7. The summed E-state index contributed by atoms with van der Waals surface area (Å²) in [6, 6.07) is 1.49. The van der Waals surface area contributed by atoms with Crippen LogP contribution in [0, 0.1) is 17.5 Å². The van der Waals surface area contributed by atoms with Gasteiger partial charge in [-0.25, -0.2) is 13.2 Å². The lowest BCUT2D eigenvalue weighted by Crippen LogP contribution is -2.38. The second-order valence-electron chi connectivity index (χ2n) is 4.61. The zero-order chi connectivity index (χ0) is 13.8.